The van der Waals surface area contributed by atoms with Gasteiger partial charge in [-0.05, 0) is 31.5 Å². The topological polar surface area (TPSA) is 56.1 Å². The zero-order valence-electron chi connectivity index (χ0n) is 17.9. The predicted molar refractivity (Wildman–Crippen MR) is 122 cm³/mol. The first-order valence-corrected chi connectivity index (χ1v) is 10.2. The molecule has 0 atom stereocenters. The standard InChI is InChI=1S/C26H25N3O2/c1-26(2,20-15-9-5-10-16-20)27-24(30)22-23(19-13-7-4-8-14-19)28-29(25(22)31-3)21-17-11-6-12-18-21/h4-18H,1-3H3,(H,27,30). The molecule has 31 heavy (non-hydrogen) atoms. The van der Waals surface area contributed by atoms with Crippen molar-refractivity contribution in [3.05, 3.63) is 102 Å². The van der Waals surface area contributed by atoms with Crippen molar-refractivity contribution in [2.24, 2.45) is 0 Å². The van der Waals surface area contributed by atoms with Crippen LogP contribution >= 0.6 is 0 Å². The lowest BCUT2D eigenvalue weighted by molar-refractivity contribution is 0.0909. The van der Waals surface area contributed by atoms with E-state index in [-0.39, 0.29) is 5.91 Å². The third-order valence-corrected chi connectivity index (χ3v) is 5.23. The second-order valence-electron chi connectivity index (χ2n) is 7.79. The average Bonchev–Trinajstić information content (AvgIpc) is 3.20. The van der Waals surface area contributed by atoms with E-state index in [0.717, 1.165) is 16.8 Å². The maximum atomic E-state index is 13.6. The van der Waals surface area contributed by atoms with Crippen molar-refractivity contribution < 1.29 is 9.53 Å². The van der Waals surface area contributed by atoms with Crippen molar-refractivity contribution in [2.75, 3.05) is 7.11 Å². The molecule has 5 heteroatoms. The molecule has 1 heterocycles. The predicted octanol–water partition coefficient (Wildman–Crippen LogP) is 5.21. The molecule has 1 amide bonds. The monoisotopic (exact) mass is 411 g/mol. The van der Waals surface area contributed by atoms with Crippen LogP contribution in [0.4, 0.5) is 0 Å². The van der Waals surface area contributed by atoms with Crippen molar-refractivity contribution in [3.8, 4) is 22.8 Å². The number of hydrogen-bond acceptors (Lipinski definition) is 3. The highest BCUT2D eigenvalue weighted by molar-refractivity contribution is 6.03. The van der Waals surface area contributed by atoms with Crippen molar-refractivity contribution in [1.29, 1.82) is 0 Å². The molecule has 0 bridgehead atoms. The highest BCUT2D eigenvalue weighted by Crippen LogP contribution is 2.33. The molecule has 1 aromatic heterocycles. The minimum Gasteiger partial charge on any atom is -0.480 e. The van der Waals surface area contributed by atoms with E-state index in [2.05, 4.69) is 5.32 Å². The average molecular weight is 412 g/mol. The highest BCUT2D eigenvalue weighted by Gasteiger charge is 2.31. The van der Waals surface area contributed by atoms with Gasteiger partial charge in [0.2, 0.25) is 5.88 Å². The molecule has 4 aromatic rings. The summed E-state index contributed by atoms with van der Waals surface area (Å²) >= 11 is 0. The fourth-order valence-corrected chi connectivity index (χ4v) is 3.61. The Balaban J connectivity index is 1.84. The van der Waals surface area contributed by atoms with Gasteiger partial charge in [-0.2, -0.15) is 9.78 Å². The van der Waals surface area contributed by atoms with Gasteiger partial charge in [0.25, 0.3) is 5.91 Å². The van der Waals surface area contributed by atoms with Crippen LogP contribution in [0.2, 0.25) is 0 Å². The number of amides is 1. The van der Waals surface area contributed by atoms with Gasteiger partial charge in [-0.15, -0.1) is 0 Å². The number of hydrogen-bond donors (Lipinski definition) is 1. The Hall–Kier alpha value is -3.86. The Morgan fingerprint density at radius 1 is 0.871 bits per heavy atom. The molecule has 0 spiro atoms. The summed E-state index contributed by atoms with van der Waals surface area (Å²) in [4.78, 5) is 13.6. The third-order valence-electron chi connectivity index (χ3n) is 5.23. The van der Waals surface area contributed by atoms with Crippen LogP contribution in [0.3, 0.4) is 0 Å². The molecule has 5 nitrogen and oxygen atoms in total. The first-order valence-electron chi connectivity index (χ1n) is 10.2. The Kier molecular flexibility index (Phi) is 5.58. The lowest BCUT2D eigenvalue weighted by Crippen LogP contribution is -2.41. The number of rotatable bonds is 6. The van der Waals surface area contributed by atoms with E-state index < -0.39 is 5.54 Å². The molecule has 0 aliphatic carbocycles. The van der Waals surface area contributed by atoms with Gasteiger partial charge in [-0.3, -0.25) is 4.79 Å². The SMILES string of the molecule is COc1c(C(=O)NC(C)(C)c2ccccc2)c(-c2ccccc2)nn1-c1ccccc1. The summed E-state index contributed by atoms with van der Waals surface area (Å²) < 4.78 is 7.39. The van der Waals surface area contributed by atoms with E-state index in [0.29, 0.717) is 17.1 Å². The summed E-state index contributed by atoms with van der Waals surface area (Å²) in [5.74, 6) is 0.151. The molecule has 0 saturated heterocycles. The van der Waals surface area contributed by atoms with Gasteiger partial charge >= 0.3 is 0 Å². The van der Waals surface area contributed by atoms with Crippen LogP contribution in [0, 0.1) is 0 Å². The first kappa shape index (κ1) is 20.4. The molecule has 4 rings (SSSR count). The second-order valence-corrected chi connectivity index (χ2v) is 7.79. The van der Waals surface area contributed by atoms with Crippen LogP contribution in [0.1, 0.15) is 29.8 Å². The van der Waals surface area contributed by atoms with E-state index in [1.165, 1.54) is 0 Å². The van der Waals surface area contributed by atoms with E-state index >= 15 is 0 Å². The molecule has 1 N–H and O–H groups in total. The zero-order valence-corrected chi connectivity index (χ0v) is 17.9. The number of carbonyl (C=O) groups excluding carboxylic acids is 1. The largest absolute Gasteiger partial charge is 0.480 e. The summed E-state index contributed by atoms with van der Waals surface area (Å²) in [5.41, 5.74) is 3.07. The molecule has 0 fully saturated rings. The second kappa shape index (κ2) is 8.48. The molecular weight excluding hydrogens is 386 g/mol. The van der Waals surface area contributed by atoms with Crippen molar-refractivity contribution in [1.82, 2.24) is 15.1 Å². The summed E-state index contributed by atoms with van der Waals surface area (Å²) in [6.45, 7) is 3.97. The van der Waals surface area contributed by atoms with E-state index in [4.69, 9.17) is 9.84 Å². The normalized spacial score (nSPS) is 11.2. The lowest BCUT2D eigenvalue weighted by atomic mass is 9.93. The molecule has 0 radical (unpaired) electrons. The number of ether oxygens (including phenoxy) is 1. The van der Waals surface area contributed by atoms with Gasteiger partial charge in [0, 0.05) is 5.56 Å². The molecule has 0 aliphatic rings. The minimum atomic E-state index is -0.577. The number of nitrogens with zero attached hydrogens (tertiary/aromatic N) is 2. The van der Waals surface area contributed by atoms with E-state index in [9.17, 15) is 4.79 Å². The number of aromatic nitrogens is 2. The Labute approximate surface area is 182 Å². The molecule has 156 valence electrons. The van der Waals surface area contributed by atoms with Crippen molar-refractivity contribution in [2.45, 2.75) is 19.4 Å². The molecule has 0 saturated carbocycles. The summed E-state index contributed by atoms with van der Waals surface area (Å²) in [5, 5.41) is 7.94. The van der Waals surface area contributed by atoms with Gasteiger partial charge in [-0.25, -0.2) is 0 Å². The van der Waals surface area contributed by atoms with Gasteiger partial charge < -0.3 is 10.1 Å². The van der Waals surface area contributed by atoms with Crippen molar-refractivity contribution in [3.63, 3.8) is 0 Å². The van der Waals surface area contributed by atoms with Gasteiger partial charge in [0.15, 0.2) is 0 Å². The Morgan fingerprint density at radius 3 is 2.00 bits per heavy atom. The minimum absolute atomic E-state index is 0.244. The Bertz CT molecular complexity index is 1170. The zero-order chi connectivity index (χ0) is 21.8. The van der Waals surface area contributed by atoms with Gasteiger partial charge in [-0.1, -0.05) is 78.9 Å². The maximum absolute atomic E-state index is 13.6. The number of methoxy groups -OCH3 is 1. The van der Waals surface area contributed by atoms with Crippen LogP contribution in [0.5, 0.6) is 5.88 Å². The summed E-state index contributed by atoms with van der Waals surface area (Å²) in [6, 6.07) is 29.2. The van der Waals surface area contributed by atoms with Crippen LogP contribution in [-0.2, 0) is 5.54 Å². The van der Waals surface area contributed by atoms with E-state index in [1.54, 1.807) is 11.8 Å². The first-order chi connectivity index (χ1) is 15.0. The van der Waals surface area contributed by atoms with Crippen LogP contribution < -0.4 is 10.1 Å². The number of para-hydroxylation sites is 1. The molecule has 0 unspecified atom stereocenters. The van der Waals surface area contributed by atoms with Gasteiger partial charge in [0.05, 0.1) is 18.3 Å². The fourth-order valence-electron chi connectivity index (χ4n) is 3.61. The number of carbonyl (C=O) groups is 1. The van der Waals surface area contributed by atoms with Gasteiger partial charge in [0.1, 0.15) is 11.3 Å². The number of benzene rings is 3. The fraction of sp³-hybridized carbons (Fsp3) is 0.154. The molecule has 0 aliphatic heterocycles. The molecule has 3 aromatic carbocycles. The van der Waals surface area contributed by atoms with Crippen LogP contribution in [0.15, 0.2) is 91.0 Å². The van der Waals surface area contributed by atoms with Crippen LogP contribution in [0.25, 0.3) is 16.9 Å². The smallest absolute Gasteiger partial charge is 0.259 e. The third kappa shape index (κ3) is 4.08. The Morgan fingerprint density at radius 2 is 1.42 bits per heavy atom. The summed E-state index contributed by atoms with van der Waals surface area (Å²) in [7, 11) is 1.56. The quantitative estimate of drug-likeness (QED) is 0.474. The maximum Gasteiger partial charge on any atom is 0.259 e. The van der Waals surface area contributed by atoms with Crippen LogP contribution in [-0.4, -0.2) is 22.8 Å². The molecular formula is C26H25N3O2. The number of nitrogens with one attached hydrogen (secondary N) is 1. The van der Waals surface area contributed by atoms with Crippen molar-refractivity contribution >= 4 is 5.91 Å². The lowest BCUT2D eigenvalue weighted by Gasteiger charge is -2.27. The van der Waals surface area contributed by atoms with E-state index in [1.807, 2.05) is 105 Å². The summed E-state index contributed by atoms with van der Waals surface area (Å²) in [6.07, 6.45) is 0. The highest BCUT2D eigenvalue weighted by atomic mass is 16.5.